The molecule has 1 aromatic rings. The fourth-order valence-corrected chi connectivity index (χ4v) is 1.86. The Kier molecular flexibility index (Phi) is 4.34. The van der Waals surface area contributed by atoms with Gasteiger partial charge in [0, 0.05) is 12.5 Å². The van der Waals surface area contributed by atoms with Crippen molar-refractivity contribution in [2.24, 2.45) is 5.92 Å². The third kappa shape index (κ3) is 3.30. The number of aliphatic hydroxyl groups excluding tert-OH is 1. The Morgan fingerprint density at radius 2 is 2.19 bits per heavy atom. The smallest absolute Gasteiger partial charge is 0.0824 e. The topological polar surface area (TPSA) is 38.7 Å². The van der Waals surface area contributed by atoms with Crippen molar-refractivity contribution in [2.75, 3.05) is 19.8 Å². The third-order valence-electron chi connectivity index (χ3n) is 2.91. The first-order chi connectivity index (χ1) is 7.86. The van der Waals surface area contributed by atoms with Crippen LogP contribution < -0.4 is 0 Å². The van der Waals surface area contributed by atoms with Crippen LogP contribution in [0.3, 0.4) is 0 Å². The molecular weight excluding hydrogens is 204 g/mol. The van der Waals surface area contributed by atoms with E-state index in [0.29, 0.717) is 19.8 Å². The Bertz CT molecular complexity index is 293. The summed E-state index contributed by atoms with van der Waals surface area (Å²) in [6, 6.07) is 9.99. The van der Waals surface area contributed by atoms with E-state index in [-0.39, 0.29) is 5.92 Å². The monoisotopic (exact) mass is 222 g/mol. The minimum Gasteiger partial charge on any atom is -0.390 e. The molecule has 1 aromatic carbocycles. The SMILES string of the molecule is OC(COCc1ccccc1)C1CCOC1. The molecule has 1 heterocycles. The van der Waals surface area contributed by atoms with Gasteiger partial charge in [-0.3, -0.25) is 0 Å². The molecule has 0 amide bonds. The predicted octanol–water partition coefficient (Wildman–Crippen LogP) is 1.60. The van der Waals surface area contributed by atoms with Crippen LogP contribution in [0.1, 0.15) is 12.0 Å². The van der Waals surface area contributed by atoms with Crippen LogP contribution in [-0.4, -0.2) is 31.0 Å². The summed E-state index contributed by atoms with van der Waals surface area (Å²) in [5, 5.41) is 9.82. The highest BCUT2D eigenvalue weighted by atomic mass is 16.5. The van der Waals surface area contributed by atoms with Gasteiger partial charge in [0.25, 0.3) is 0 Å². The standard InChI is InChI=1S/C13H18O3/c14-13(12-6-7-15-9-12)10-16-8-11-4-2-1-3-5-11/h1-5,12-14H,6-10H2. The second kappa shape index (κ2) is 5.99. The lowest BCUT2D eigenvalue weighted by molar-refractivity contribution is -0.00414. The van der Waals surface area contributed by atoms with E-state index in [9.17, 15) is 5.11 Å². The minimum atomic E-state index is -0.397. The highest BCUT2D eigenvalue weighted by Crippen LogP contribution is 2.17. The molecule has 3 nitrogen and oxygen atoms in total. The van der Waals surface area contributed by atoms with Crippen LogP contribution in [0.5, 0.6) is 0 Å². The van der Waals surface area contributed by atoms with E-state index in [1.54, 1.807) is 0 Å². The first kappa shape index (κ1) is 11.6. The van der Waals surface area contributed by atoms with Crippen LogP contribution in [0.4, 0.5) is 0 Å². The van der Waals surface area contributed by atoms with Crippen molar-refractivity contribution < 1.29 is 14.6 Å². The molecule has 0 saturated carbocycles. The Balaban J connectivity index is 1.67. The molecule has 1 N–H and O–H groups in total. The van der Waals surface area contributed by atoms with E-state index in [1.165, 1.54) is 0 Å². The minimum absolute atomic E-state index is 0.246. The fourth-order valence-electron chi connectivity index (χ4n) is 1.86. The Labute approximate surface area is 96.0 Å². The van der Waals surface area contributed by atoms with Gasteiger partial charge in [0.05, 0.1) is 25.9 Å². The molecule has 2 atom stereocenters. The average molecular weight is 222 g/mol. The van der Waals surface area contributed by atoms with Crippen molar-refractivity contribution in [1.29, 1.82) is 0 Å². The normalized spacial score (nSPS) is 22.2. The molecule has 2 rings (SSSR count). The maximum Gasteiger partial charge on any atom is 0.0824 e. The number of ether oxygens (including phenoxy) is 2. The van der Waals surface area contributed by atoms with Gasteiger partial charge in [0.15, 0.2) is 0 Å². The molecule has 0 bridgehead atoms. The number of hydrogen-bond donors (Lipinski definition) is 1. The lowest BCUT2D eigenvalue weighted by Gasteiger charge is -2.16. The zero-order valence-electron chi connectivity index (χ0n) is 9.34. The second-order valence-electron chi connectivity index (χ2n) is 4.19. The van der Waals surface area contributed by atoms with Crippen LogP contribution in [0.25, 0.3) is 0 Å². The van der Waals surface area contributed by atoms with Gasteiger partial charge >= 0.3 is 0 Å². The van der Waals surface area contributed by atoms with E-state index in [1.807, 2.05) is 30.3 Å². The molecule has 0 spiro atoms. The Morgan fingerprint density at radius 3 is 2.88 bits per heavy atom. The van der Waals surface area contributed by atoms with E-state index in [0.717, 1.165) is 18.6 Å². The van der Waals surface area contributed by atoms with Gasteiger partial charge in [0.2, 0.25) is 0 Å². The maximum atomic E-state index is 9.82. The largest absolute Gasteiger partial charge is 0.390 e. The van der Waals surface area contributed by atoms with Gasteiger partial charge in [-0.05, 0) is 12.0 Å². The van der Waals surface area contributed by atoms with Gasteiger partial charge in [0.1, 0.15) is 0 Å². The first-order valence-electron chi connectivity index (χ1n) is 5.74. The number of hydrogen-bond acceptors (Lipinski definition) is 3. The highest BCUT2D eigenvalue weighted by Gasteiger charge is 2.23. The number of benzene rings is 1. The molecule has 0 radical (unpaired) electrons. The molecule has 0 aromatic heterocycles. The fraction of sp³-hybridized carbons (Fsp3) is 0.538. The van der Waals surface area contributed by atoms with Crippen molar-refractivity contribution in [3.8, 4) is 0 Å². The van der Waals surface area contributed by atoms with Crippen molar-refractivity contribution in [3.63, 3.8) is 0 Å². The summed E-state index contributed by atoms with van der Waals surface area (Å²) in [5.41, 5.74) is 1.14. The van der Waals surface area contributed by atoms with Gasteiger partial charge < -0.3 is 14.6 Å². The molecule has 88 valence electrons. The van der Waals surface area contributed by atoms with Crippen LogP contribution >= 0.6 is 0 Å². The van der Waals surface area contributed by atoms with Crippen molar-refractivity contribution >= 4 is 0 Å². The molecule has 1 saturated heterocycles. The van der Waals surface area contributed by atoms with Gasteiger partial charge in [-0.1, -0.05) is 30.3 Å². The Morgan fingerprint density at radius 1 is 1.38 bits per heavy atom. The van der Waals surface area contributed by atoms with Gasteiger partial charge in [-0.15, -0.1) is 0 Å². The summed E-state index contributed by atoms with van der Waals surface area (Å²) in [7, 11) is 0. The van der Waals surface area contributed by atoms with Crippen LogP contribution in [-0.2, 0) is 16.1 Å². The molecule has 0 aliphatic carbocycles. The Hall–Kier alpha value is -0.900. The molecule has 1 fully saturated rings. The summed E-state index contributed by atoms with van der Waals surface area (Å²) in [5.74, 6) is 0.246. The van der Waals surface area contributed by atoms with Crippen LogP contribution in [0.15, 0.2) is 30.3 Å². The van der Waals surface area contributed by atoms with Gasteiger partial charge in [-0.2, -0.15) is 0 Å². The van der Waals surface area contributed by atoms with Crippen LogP contribution in [0, 0.1) is 5.92 Å². The summed E-state index contributed by atoms with van der Waals surface area (Å²) in [6.07, 6.45) is 0.543. The van der Waals surface area contributed by atoms with Crippen molar-refractivity contribution in [2.45, 2.75) is 19.1 Å². The van der Waals surface area contributed by atoms with E-state index in [2.05, 4.69) is 0 Å². The maximum absolute atomic E-state index is 9.82. The predicted molar refractivity (Wildman–Crippen MR) is 61.0 cm³/mol. The summed E-state index contributed by atoms with van der Waals surface area (Å²) in [6.45, 7) is 2.38. The average Bonchev–Trinajstić information content (AvgIpc) is 2.84. The molecule has 2 unspecified atom stereocenters. The molecule has 16 heavy (non-hydrogen) atoms. The summed E-state index contributed by atoms with van der Waals surface area (Å²) >= 11 is 0. The highest BCUT2D eigenvalue weighted by molar-refractivity contribution is 5.13. The summed E-state index contributed by atoms with van der Waals surface area (Å²) < 4.78 is 10.7. The lowest BCUT2D eigenvalue weighted by atomic mass is 10.0. The zero-order chi connectivity index (χ0) is 11.2. The molecule has 1 aliphatic heterocycles. The van der Waals surface area contributed by atoms with Crippen molar-refractivity contribution in [3.05, 3.63) is 35.9 Å². The van der Waals surface area contributed by atoms with E-state index < -0.39 is 6.10 Å². The first-order valence-corrected chi connectivity index (χ1v) is 5.74. The zero-order valence-corrected chi connectivity index (χ0v) is 9.34. The molecule has 1 aliphatic rings. The van der Waals surface area contributed by atoms with E-state index in [4.69, 9.17) is 9.47 Å². The van der Waals surface area contributed by atoms with Crippen LogP contribution in [0.2, 0.25) is 0 Å². The number of aliphatic hydroxyl groups is 1. The molecule has 3 heteroatoms. The molecular formula is C13H18O3. The second-order valence-corrected chi connectivity index (χ2v) is 4.19. The van der Waals surface area contributed by atoms with E-state index >= 15 is 0 Å². The lowest BCUT2D eigenvalue weighted by Crippen LogP contribution is -2.25. The quantitative estimate of drug-likeness (QED) is 0.822. The number of rotatable bonds is 5. The van der Waals surface area contributed by atoms with Gasteiger partial charge in [-0.25, -0.2) is 0 Å². The third-order valence-corrected chi connectivity index (χ3v) is 2.91. The summed E-state index contributed by atoms with van der Waals surface area (Å²) in [4.78, 5) is 0. The van der Waals surface area contributed by atoms with Crippen molar-refractivity contribution in [1.82, 2.24) is 0 Å².